The van der Waals surface area contributed by atoms with E-state index in [0.29, 0.717) is 6.54 Å². The molecular formula is C18H20N4OS. The molecule has 3 rings (SSSR count). The van der Waals surface area contributed by atoms with Gasteiger partial charge in [-0.25, -0.2) is 0 Å². The Morgan fingerprint density at radius 3 is 2.50 bits per heavy atom. The molecule has 124 valence electrons. The molecule has 0 aliphatic heterocycles. The van der Waals surface area contributed by atoms with Gasteiger partial charge in [0.1, 0.15) is 5.75 Å². The maximum Gasteiger partial charge on any atom is 0.191 e. The first-order chi connectivity index (χ1) is 11.8. The fourth-order valence-corrected chi connectivity index (χ4v) is 3.12. The van der Waals surface area contributed by atoms with E-state index in [1.165, 1.54) is 5.56 Å². The van der Waals surface area contributed by atoms with E-state index in [9.17, 15) is 0 Å². The highest BCUT2D eigenvalue weighted by Crippen LogP contribution is 2.21. The maximum absolute atomic E-state index is 5.16. The number of nitrogens with zero attached hydrogens (tertiary/aromatic N) is 3. The van der Waals surface area contributed by atoms with Crippen molar-refractivity contribution >= 4 is 17.4 Å². The van der Waals surface area contributed by atoms with Crippen LogP contribution in [0.3, 0.4) is 0 Å². The van der Waals surface area contributed by atoms with E-state index in [-0.39, 0.29) is 0 Å². The first-order valence-corrected chi connectivity index (χ1v) is 8.68. The van der Waals surface area contributed by atoms with Gasteiger partial charge in [-0.3, -0.25) is 0 Å². The van der Waals surface area contributed by atoms with Crippen molar-refractivity contribution in [3.05, 3.63) is 66.0 Å². The zero-order valence-electron chi connectivity index (χ0n) is 13.8. The second-order valence-electron chi connectivity index (χ2n) is 5.31. The van der Waals surface area contributed by atoms with Crippen molar-refractivity contribution in [3.8, 4) is 5.75 Å². The lowest BCUT2D eigenvalue weighted by atomic mass is 10.2. The van der Waals surface area contributed by atoms with Crippen LogP contribution >= 0.6 is 11.8 Å². The minimum Gasteiger partial charge on any atom is -0.497 e. The van der Waals surface area contributed by atoms with Gasteiger partial charge >= 0.3 is 0 Å². The lowest BCUT2D eigenvalue weighted by molar-refractivity contribution is 0.415. The minimum atomic E-state index is 0.627. The highest BCUT2D eigenvalue weighted by atomic mass is 32.2. The van der Waals surface area contributed by atoms with Gasteiger partial charge in [0.15, 0.2) is 11.0 Å². The molecule has 0 saturated heterocycles. The highest BCUT2D eigenvalue weighted by molar-refractivity contribution is 7.98. The van der Waals surface area contributed by atoms with Gasteiger partial charge in [0.25, 0.3) is 0 Å². The van der Waals surface area contributed by atoms with Crippen molar-refractivity contribution < 1.29 is 4.74 Å². The molecule has 0 radical (unpaired) electrons. The summed E-state index contributed by atoms with van der Waals surface area (Å²) in [7, 11) is 3.66. The van der Waals surface area contributed by atoms with Crippen LogP contribution in [-0.4, -0.2) is 21.9 Å². The zero-order valence-corrected chi connectivity index (χ0v) is 14.6. The van der Waals surface area contributed by atoms with Crippen LogP contribution in [0.25, 0.3) is 0 Å². The Hall–Kier alpha value is -2.47. The van der Waals surface area contributed by atoms with Crippen LogP contribution in [0.4, 0.5) is 5.69 Å². The Balaban J connectivity index is 1.57. The summed E-state index contributed by atoms with van der Waals surface area (Å²) in [6.07, 6.45) is 0. The molecule has 2 aromatic carbocycles. The van der Waals surface area contributed by atoms with E-state index < -0.39 is 0 Å². The molecule has 6 heteroatoms. The number of aromatic nitrogens is 3. The van der Waals surface area contributed by atoms with Gasteiger partial charge in [0.2, 0.25) is 0 Å². The SMILES string of the molecule is COc1ccc(NCc2nnc(SCc3ccccc3)n2C)cc1. The topological polar surface area (TPSA) is 52.0 Å². The third kappa shape index (κ3) is 4.08. The molecule has 0 aliphatic rings. The van der Waals surface area contributed by atoms with E-state index in [1.54, 1.807) is 18.9 Å². The number of hydrogen-bond donors (Lipinski definition) is 1. The lowest BCUT2D eigenvalue weighted by Gasteiger charge is -2.07. The van der Waals surface area contributed by atoms with E-state index in [1.807, 2.05) is 41.9 Å². The third-order valence-corrected chi connectivity index (χ3v) is 4.77. The van der Waals surface area contributed by atoms with Gasteiger partial charge in [-0.15, -0.1) is 10.2 Å². The molecule has 1 aromatic heterocycles. The summed E-state index contributed by atoms with van der Waals surface area (Å²) in [5.74, 6) is 2.64. The molecule has 5 nitrogen and oxygen atoms in total. The molecule has 0 bridgehead atoms. The van der Waals surface area contributed by atoms with Gasteiger partial charge in [-0.1, -0.05) is 42.1 Å². The Bertz CT molecular complexity index is 771. The molecule has 3 aromatic rings. The monoisotopic (exact) mass is 340 g/mol. The van der Waals surface area contributed by atoms with Crippen LogP contribution in [0.15, 0.2) is 59.8 Å². The highest BCUT2D eigenvalue weighted by Gasteiger charge is 2.09. The molecule has 24 heavy (non-hydrogen) atoms. The Kier molecular flexibility index (Phi) is 5.38. The van der Waals surface area contributed by atoms with Crippen molar-refractivity contribution in [1.82, 2.24) is 14.8 Å². The van der Waals surface area contributed by atoms with E-state index in [0.717, 1.165) is 28.2 Å². The quantitative estimate of drug-likeness (QED) is 0.664. The number of nitrogens with one attached hydrogen (secondary N) is 1. The van der Waals surface area contributed by atoms with Gasteiger partial charge in [0.05, 0.1) is 13.7 Å². The molecular weight excluding hydrogens is 320 g/mol. The predicted octanol–water partition coefficient (Wildman–Crippen LogP) is 3.73. The van der Waals surface area contributed by atoms with Gasteiger partial charge in [0, 0.05) is 18.5 Å². The zero-order chi connectivity index (χ0) is 16.8. The normalized spacial score (nSPS) is 10.6. The number of rotatable bonds is 7. The summed E-state index contributed by atoms with van der Waals surface area (Å²) in [6.45, 7) is 0.627. The number of anilines is 1. The fourth-order valence-electron chi connectivity index (χ4n) is 2.24. The van der Waals surface area contributed by atoms with Crippen LogP contribution in [0.5, 0.6) is 5.75 Å². The van der Waals surface area contributed by atoms with Crippen molar-refractivity contribution in [1.29, 1.82) is 0 Å². The van der Waals surface area contributed by atoms with Crippen molar-refractivity contribution in [2.24, 2.45) is 7.05 Å². The first-order valence-electron chi connectivity index (χ1n) is 7.69. The van der Waals surface area contributed by atoms with Crippen LogP contribution in [-0.2, 0) is 19.3 Å². The fraction of sp³-hybridized carbons (Fsp3) is 0.222. The average Bonchev–Trinajstić information content (AvgIpc) is 2.99. The number of hydrogen-bond acceptors (Lipinski definition) is 5. The molecule has 0 unspecified atom stereocenters. The molecule has 1 N–H and O–H groups in total. The summed E-state index contributed by atoms with van der Waals surface area (Å²) in [4.78, 5) is 0. The number of methoxy groups -OCH3 is 1. The standard InChI is InChI=1S/C18H20N4OS/c1-22-17(12-19-15-8-10-16(23-2)11-9-15)20-21-18(22)24-13-14-6-4-3-5-7-14/h3-11,19H,12-13H2,1-2H3. The van der Waals surface area contributed by atoms with Crippen LogP contribution < -0.4 is 10.1 Å². The summed E-state index contributed by atoms with van der Waals surface area (Å²) < 4.78 is 7.19. The Morgan fingerprint density at radius 1 is 1.04 bits per heavy atom. The van der Waals surface area contributed by atoms with Gasteiger partial charge in [-0.05, 0) is 29.8 Å². The van der Waals surface area contributed by atoms with Gasteiger partial charge in [-0.2, -0.15) is 0 Å². The Morgan fingerprint density at radius 2 is 1.79 bits per heavy atom. The smallest absolute Gasteiger partial charge is 0.191 e. The number of ether oxygens (including phenoxy) is 1. The minimum absolute atomic E-state index is 0.627. The molecule has 1 heterocycles. The van der Waals surface area contributed by atoms with Crippen molar-refractivity contribution in [2.75, 3.05) is 12.4 Å². The molecule has 0 spiro atoms. The molecule has 0 fully saturated rings. The van der Waals surface area contributed by atoms with Crippen LogP contribution in [0, 0.1) is 0 Å². The molecule has 0 amide bonds. The second-order valence-corrected chi connectivity index (χ2v) is 6.26. The first kappa shape index (κ1) is 16.4. The van der Waals surface area contributed by atoms with Crippen molar-refractivity contribution in [3.63, 3.8) is 0 Å². The van der Waals surface area contributed by atoms with E-state index >= 15 is 0 Å². The predicted molar refractivity (Wildman–Crippen MR) is 97.3 cm³/mol. The summed E-state index contributed by atoms with van der Waals surface area (Å²) in [5.41, 5.74) is 2.31. The molecule has 0 saturated carbocycles. The maximum atomic E-state index is 5.16. The molecule has 0 aliphatic carbocycles. The summed E-state index contributed by atoms with van der Waals surface area (Å²) in [6, 6.07) is 18.2. The van der Waals surface area contributed by atoms with Crippen molar-refractivity contribution in [2.45, 2.75) is 17.5 Å². The second kappa shape index (κ2) is 7.88. The lowest BCUT2D eigenvalue weighted by Crippen LogP contribution is -2.06. The average molecular weight is 340 g/mol. The van der Waals surface area contributed by atoms with E-state index in [2.05, 4.69) is 39.8 Å². The largest absolute Gasteiger partial charge is 0.497 e. The summed E-state index contributed by atoms with van der Waals surface area (Å²) >= 11 is 1.69. The third-order valence-electron chi connectivity index (χ3n) is 3.68. The summed E-state index contributed by atoms with van der Waals surface area (Å²) in [5, 5.41) is 12.8. The number of thioether (sulfide) groups is 1. The Labute approximate surface area is 146 Å². The number of benzene rings is 2. The van der Waals surface area contributed by atoms with E-state index in [4.69, 9.17) is 4.74 Å². The molecule has 0 atom stereocenters. The van der Waals surface area contributed by atoms with Crippen LogP contribution in [0.1, 0.15) is 11.4 Å². The van der Waals surface area contributed by atoms with Crippen LogP contribution in [0.2, 0.25) is 0 Å². The van der Waals surface area contributed by atoms with Gasteiger partial charge < -0.3 is 14.6 Å².